The van der Waals surface area contributed by atoms with Gasteiger partial charge >= 0.3 is 0 Å². The van der Waals surface area contributed by atoms with Crippen molar-refractivity contribution in [1.29, 1.82) is 0 Å². The maximum atomic E-state index is 2.47. The zero-order valence-corrected chi connectivity index (χ0v) is 33.4. The molecule has 0 atom stereocenters. The van der Waals surface area contributed by atoms with Crippen molar-refractivity contribution in [2.24, 2.45) is 0 Å². The van der Waals surface area contributed by atoms with Crippen LogP contribution in [0.25, 0.3) is 42.4 Å². The predicted molar refractivity (Wildman–Crippen MR) is 244 cm³/mol. The molecule has 57 heavy (non-hydrogen) atoms. The first kappa shape index (κ1) is 33.9. The number of fused-ring (bicyclic) bond motifs is 8. The topological polar surface area (TPSA) is 6.48 Å². The molecule has 0 amide bonds. The first-order valence-electron chi connectivity index (χ1n) is 19.9. The van der Waals surface area contributed by atoms with Gasteiger partial charge in [0.25, 0.3) is 0 Å². The third-order valence-electron chi connectivity index (χ3n) is 12.7. The summed E-state index contributed by atoms with van der Waals surface area (Å²) in [5.74, 6) is 0. The van der Waals surface area contributed by atoms with Gasteiger partial charge in [0.15, 0.2) is 0 Å². The Kier molecular flexibility index (Phi) is 7.46. The van der Waals surface area contributed by atoms with Gasteiger partial charge in [0, 0.05) is 53.8 Å². The van der Waals surface area contributed by atoms with Gasteiger partial charge in [-0.05, 0) is 111 Å². The summed E-state index contributed by atoms with van der Waals surface area (Å²) in [4.78, 5) is 4.90. The van der Waals surface area contributed by atoms with E-state index < -0.39 is 0 Å². The molecular formula is C54H42N2S. The molecule has 0 radical (unpaired) electrons. The maximum Gasteiger partial charge on any atom is 0.0504 e. The molecule has 0 bridgehead atoms. The molecular weight excluding hydrogens is 709 g/mol. The first-order chi connectivity index (χ1) is 27.8. The second-order valence-electron chi connectivity index (χ2n) is 16.6. The van der Waals surface area contributed by atoms with Gasteiger partial charge in [-0.1, -0.05) is 143 Å². The number of benzene rings is 8. The Bertz CT molecular complexity index is 3020. The summed E-state index contributed by atoms with van der Waals surface area (Å²) in [5, 5.41) is 2.65. The van der Waals surface area contributed by atoms with Crippen molar-refractivity contribution < 1.29 is 0 Å². The van der Waals surface area contributed by atoms with Crippen molar-refractivity contribution in [3.63, 3.8) is 0 Å². The lowest BCUT2D eigenvalue weighted by atomic mass is 9.73. The smallest absolute Gasteiger partial charge is 0.0504 e. The molecule has 0 spiro atoms. The summed E-state index contributed by atoms with van der Waals surface area (Å²) in [5.41, 5.74) is 17.2. The van der Waals surface area contributed by atoms with E-state index in [4.69, 9.17) is 0 Å². The number of hydrogen-bond acceptors (Lipinski definition) is 3. The lowest BCUT2D eigenvalue weighted by molar-refractivity contribution is 0.632. The van der Waals surface area contributed by atoms with Gasteiger partial charge in [-0.15, -0.1) is 11.3 Å². The monoisotopic (exact) mass is 750 g/mol. The molecule has 11 rings (SSSR count). The summed E-state index contributed by atoms with van der Waals surface area (Å²) in [6.07, 6.45) is 0. The van der Waals surface area contributed by atoms with E-state index in [1.54, 1.807) is 0 Å². The van der Waals surface area contributed by atoms with E-state index in [2.05, 4.69) is 219 Å². The van der Waals surface area contributed by atoms with Crippen LogP contribution in [-0.4, -0.2) is 0 Å². The second-order valence-corrected chi connectivity index (χ2v) is 17.6. The number of thiophene rings is 1. The molecule has 0 fully saturated rings. The molecule has 3 heteroatoms. The standard InChI is InChI=1S/C54H42N2S/c1-53(2)45-21-10-8-17-41(45)42-31-29-38(33-47(42)53)55(37-27-25-35(26-28-37)40-19-14-20-44-43-18-9-13-24-51(43)57-52(40)44)39-30-32-50-48(34-39)54(3,4)46-22-11-12-23-49(46)56(50)36-15-6-5-7-16-36/h5-34H,1-4H3. The van der Waals surface area contributed by atoms with Gasteiger partial charge in [-0.2, -0.15) is 0 Å². The quantitative estimate of drug-likeness (QED) is 0.173. The molecule has 0 saturated carbocycles. The molecule has 1 aliphatic carbocycles. The van der Waals surface area contributed by atoms with E-state index in [0.29, 0.717) is 0 Å². The second kappa shape index (κ2) is 12.5. The van der Waals surface area contributed by atoms with Crippen molar-refractivity contribution in [2.45, 2.75) is 38.5 Å². The fourth-order valence-electron chi connectivity index (χ4n) is 9.73. The highest BCUT2D eigenvalue weighted by Crippen LogP contribution is 2.55. The maximum absolute atomic E-state index is 2.47. The normalized spacial score (nSPS) is 14.6. The number of anilines is 6. The van der Waals surface area contributed by atoms with Crippen LogP contribution < -0.4 is 9.80 Å². The van der Waals surface area contributed by atoms with E-state index in [1.807, 2.05) is 11.3 Å². The highest BCUT2D eigenvalue weighted by molar-refractivity contribution is 7.26. The zero-order chi connectivity index (χ0) is 38.5. The molecule has 8 aromatic carbocycles. The van der Waals surface area contributed by atoms with E-state index in [0.717, 1.165) is 22.7 Å². The van der Waals surface area contributed by atoms with Gasteiger partial charge in [-0.3, -0.25) is 0 Å². The summed E-state index contributed by atoms with van der Waals surface area (Å²) < 4.78 is 2.66. The molecule has 0 N–H and O–H groups in total. The number of rotatable bonds is 5. The van der Waals surface area contributed by atoms with Crippen LogP contribution in [0.4, 0.5) is 34.1 Å². The van der Waals surface area contributed by atoms with Crippen molar-refractivity contribution in [3.05, 3.63) is 204 Å². The van der Waals surface area contributed by atoms with Gasteiger partial charge in [-0.25, -0.2) is 0 Å². The molecule has 2 aliphatic rings. The van der Waals surface area contributed by atoms with Crippen molar-refractivity contribution in [3.8, 4) is 22.3 Å². The minimum absolute atomic E-state index is 0.113. The van der Waals surface area contributed by atoms with Crippen LogP contribution in [0.2, 0.25) is 0 Å². The fourth-order valence-corrected chi connectivity index (χ4v) is 11.0. The zero-order valence-electron chi connectivity index (χ0n) is 32.6. The average Bonchev–Trinajstić information content (AvgIpc) is 3.74. The average molecular weight is 751 g/mol. The van der Waals surface area contributed by atoms with E-state index in [1.165, 1.54) is 76.1 Å². The van der Waals surface area contributed by atoms with E-state index >= 15 is 0 Å². The Morgan fingerprint density at radius 2 is 1.00 bits per heavy atom. The van der Waals surface area contributed by atoms with Gasteiger partial charge < -0.3 is 9.80 Å². The van der Waals surface area contributed by atoms with Crippen LogP contribution in [0, 0.1) is 0 Å². The van der Waals surface area contributed by atoms with Crippen LogP contribution in [0.1, 0.15) is 49.9 Å². The molecule has 0 unspecified atom stereocenters. The van der Waals surface area contributed by atoms with Crippen LogP contribution in [-0.2, 0) is 10.8 Å². The molecule has 2 heterocycles. The molecule has 1 aliphatic heterocycles. The molecule has 0 saturated heterocycles. The Morgan fingerprint density at radius 1 is 0.421 bits per heavy atom. The highest BCUT2D eigenvalue weighted by Gasteiger charge is 2.38. The predicted octanol–water partition coefficient (Wildman–Crippen LogP) is 15.6. The molecule has 274 valence electrons. The molecule has 1 aromatic heterocycles. The van der Waals surface area contributed by atoms with Crippen molar-refractivity contribution >= 4 is 65.6 Å². The number of para-hydroxylation sites is 2. The minimum Gasteiger partial charge on any atom is -0.310 e. The third-order valence-corrected chi connectivity index (χ3v) is 13.9. The van der Waals surface area contributed by atoms with Gasteiger partial charge in [0.05, 0.1) is 11.4 Å². The van der Waals surface area contributed by atoms with Gasteiger partial charge in [0.1, 0.15) is 0 Å². The Balaban J connectivity index is 1.09. The lowest BCUT2D eigenvalue weighted by Crippen LogP contribution is -2.31. The van der Waals surface area contributed by atoms with Crippen LogP contribution in [0.15, 0.2) is 182 Å². The van der Waals surface area contributed by atoms with Crippen LogP contribution in [0.5, 0.6) is 0 Å². The Hall–Kier alpha value is -6.42. The largest absolute Gasteiger partial charge is 0.310 e. The Labute approximate surface area is 338 Å². The SMILES string of the molecule is CC1(C)c2ccccc2-c2ccc(N(c3ccc(-c4cccc5c4sc4ccccc45)cc3)c3ccc4c(c3)C(C)(C)c3ccccc3N4c3ccccc3)cc21. The van der Waals surface area contributed by atoms with Crippen LogP contribution >= 0.6 is 11.3 Å². The summed E-state index contributed by atoms with van der Waals surface area (Å²) in [6, 6.07) is 67.5. The fraction of sp³-hybridized carbons (Fsp3) is 0.111. The minimum atomic E-state index is -0.229. The van der Waals surface area contributed by atoms with Crippen molar-refractivity contribution in [1.82, 2.24) is 0 Å². The molecule has 2 nitrogen and oxygen atoms in total. The van der Waals surface area contributed by atoms with E-state index in [-0.39, 0.29) is 10.8 Å². The van der Waals surface area contributed by atoms with Crippen molar-refractivity contribution in [2.75, 3.05) is 9.80 Å². The van der Waals surface area contributed by atoms with Crippen LogP contribution in [0.3, 0.4) is 0 Å². The van der Waals surface area contributed by atoms with Gasteiger partial charge in [0.2, 0.25) is 0 Å². The highest BCUT2D eigenvalue weighted by atomic mass is 32.1. The van der Waals surface area contributed by atoms with E-state index in [9.17, 15) is 0 Å². The third kappa shape index (κ3) is 5.08. The Morgan fingerprint density at radius 3 is 1.82 bits per heavy atom. The first-order valence-corrected chi connectivity index (χ1v) is 20.8. The summed E-state index contributed by atoms with van der Waals surface area (Å²) in [7, 11) is 0. The lowest BCUT2D eigenvalue weighted by Gasteiger charge is -2.42. The number of hydrogen-bond donors (Lipinski definition) is 0. The molecule has 9 aromatic rings. The summed E-state index contributed by atoms with van der Waals surface area (Å²) in [6.45, 7) is 9.48. The number of nitrogens with zero attached hydrogens (tertiary/aromatic N) is 2. The summed E-state index contributed by atoms with van der Waals surface area (Å²) >= 11 is 1.89.